The molecule has 0 fully saturated rings. The lowest BCUT2D eigenvalue weighted by molar-refractivity contribution is 0.354. The molecule has 94 valence electrons. The van der Waals surface area contributed by atoms with Crippen LogP contribution < -0.4 is 9.47 Å². The largest absolute Gasteiger partial charge is 0.493 e. The minimum atomic E-state index is 0.792. The molecule has 0 amide bonds. The monoisotopic (exact) mass is 226 g/mol. The van der Waals surface area contributed by atoms with Crippen molar-refractivity contribution >= 4 is 0 Å². The number of aryl methyl sites for hydroxylation is 2. The molecular formula is C14H26O2. The van der Waals surface area contributed by atoms with Gasteiger partial charge in [0.2, 0.25) is 0 Å². The molecule has 0 aliphatic rings. The molecule has 0 atom stereocenters. The Morgan fingerprint density at radius 3 is 1.12 bits per heavy atom. The van der Waals surface area contributed by atoms with Gasteiger partial charge in [0.05, 0.1) is 14.2 Å². The highest BCUT2D eigenvalue weighted by atomic mass is 16.5. The Bertz CT molecular complexity index is 251. The summed E-state index contributed by atoms with van der Waals surface area (Å²) in [5.74, 6) is 1.58. The lowest BCUT2D eigenvalue weighted by Crippen LogP contribution is -1.92. The quantitative estimate of drug-likeness (QED) is 0.745. The average molecular weight is 226 g/mol. The summed E-state index contributed by atoms with van der Waals surface area (Å²) in [5.41, 5.74) is 2.43. The van der Waals surface area contributed by atoms with E-state index < -0.39 is 0 Å². The molecule has 1 aromatic rings. The summed E-state index contributed by atoms with van der Waals surface area (Å²) in [6.45, 7) is 12.1. The van der Waals surface area contributed by atoms with Crippen LogP contribution in [0.5, 0.6) is 11.5 Å². The predicted molar refractivity (Wildman–Crippen MR) is 71.7 cm³/mol. The molecule has 2 nitrogen and oxygen atoms in total. The minimum absolute atomic E-state index is 0.792. The van der Waals surface area contributed by atoms with Crippen molar-refractivity contribution in [3.63, 3.8) is 0 Å². The van der Waals surface area contributed by atoms with Crippen LogP contribution in [-0.2, 0) is 0 Å². The first-order valence-corrected chi connectivity index (χ1v) is 5.88. The molecule has 0 bridgehead atoms. The van der Waals surface area contributed by atoms with E-state index in [1.54, 1.807) is 14.2 Å². The summed E-state index contributed by atoms with van der Waals surface area (Å²) in [6.07, 6.45) is 0. The Hall–Kier alpha value is -1.18. The van der Waals surface area contributed by atoms with Crippen molar-refractivity contribution in [2.45, 2.75) is 41.5 Å². The summed E-state index contributed by atoms with van der Waals surface area (Å²) >= 11 is 0. The van der Waals surface area contributed by atoms with Crippen LogP contribution in [-0.4, -0.2) is 14.2 Å². The smallest absolute Gasteiger partial charge is 0.160 e. The maximum atomic E-state index is 5.15. The van der Waals surface area contributed by atoms with Crippen LogP contribution in [0, 0.1) is 13.8 Å². The second-order valence-corrected chi connectivity index (χ2v) is 2.79. The maximum absolute atomic E-state index is 5.15. The van der Waals surface area contributed by atoms with Crippen LogP contribution in [0.4, 0.5) is 0 Å². The summed E-state index contributed by atoms with van der Waals surface area (Å²) in [6, 6.07) is 3.96. The van der Waals surface area contributed by atoms with E-state index in [1.165, 1.54) is 11.1 Å². The molecule has 0 aromatic heterocycles. The van der Waals surface area contributed by atoms with Gasteiger partial charge in [-0.05, 0) is 37.1 Å². The lowest BCUT2D eigenvalue weighted by Gasteiger charge is -2.09. The molecule has 0 aliphatic heterocycles. The van der Waals surface area contributed by atoms with Gasteiger partial charge in [0.25, 0.3) is 0 Å². The van der Waals surface area contributed by atoms with Gasteiger partial charge in [0.1, 0.15) is 0 Å². The Balaban J connectivity index is 0. The molecule has 0 spiro atoms. The molecule has 16 heavy (non-hydrogen) atoms. The highest BCUT2D eigenvalue weighted by Crippen LogP contribution is 2.29. The van der Waals surface area contributed by atoms with Crippen molar-refractivity contribution in [1.82, 2.24) is 0 Å². The van der Waals surface area contributed by atoms with Crippen LogP contribution in [0.1, 0.15) is 38.8 Å². The van der Waals surface area contributed by atoms with Gasteiger partial charge in [-0.2, -0.15) is 0 Å². The van der Waals surface area contributed by atoms with E-state index in [1.807, 2.05) is 39.8 Å². The Morgan fingerprint density at radius 1 is 0.688 bits per heavy atom. The van der Waals surface area contributed by atoms with Crippen LogP contribution in [0.15, 0.2) is 12.1 Å². The van der Waals surface area contributed by atoms with Crippen molar-refractivity contribution in [2.24, 2.45) is 0 Å². The maximum Gasteiger partial charge on any atom is 0.160 e. The summed E-state index contributed by atoms with van der Waals surface area (Å²) in [4.78, 5) is 0. The van der Waals surface area contributed by atoms with Crippen LogP contribution >= 0.6 is 0 Å². The normalized spacial score (nSPS) is 8.00. The number of ether oxygens (including phenoxy) is 2. The summed E-state index contributed by atoms with van der Waals surface area (Å²) < 4.78 is 10.3. The van der Waals surface area contributed by atoms with Crippen molar-refractivity contribution in [2.75, 3.05) is 14.2 Å². The van der Waals surface area contributed by atoms with E-state index in [9.17, 15) is 0 Å². The van der Waals surface area contributed by atoms with E-state index in [2.05, 4.69) is 13.8 Å². The van der Waals surface area contributed by atoms with Crippen LogP contribution in [0.3, 0.4) is 0 Å². The van der Waals surface area contributed by atoms with Gasteiger partial charge in [0.15, 0.2) is 11.5 Å². The van der Waals surface area contributed by atoms with Gasteiger partial charge in [-0.25, -0.2) is 0 Å². The predicted octanol–water partition coefficient (Wildman–Crippen LogP) is 4.37. The fraction of sp³-hybridized carbons (Fsp3) is 0.571. The van der Waals surface area contributed by atoms with Crippen molar-refractivity contribution < 1.29 is 9.47 Å². The fourth-order valence-corrected chi connectivity index (χ4v) is 1.08. The third kappa shape index (κ3) is 5.06. The topological polar surface area (TPSA) is 18.5 Å². The molecular weight excluding hydrogens is 200 g/mol. The molecule has 0 saturated heterocycles. The Kier molecular flexibility index (Phi) is 11.1. The van der Waals surface area contributed by atoms with Crippen LogP contribution in [0.2, 0.25) is 0 Å². The number of hydrogen-bond acceptors (Lipinski definition) is 2. The van der Waals surface area contributed by atoms with Gasteiger partial charge >= 0.3 is 0 Å². The number of benzene rings is 1. The molecule has 0 unspecified atom stereocenters. The van der Waals surface area contributed by atoms with Crippen molar-refractivity contribution in [3.05, 3.63) is 23.3 Å². The van der Waals surface area contributed by atoms with Gasteiger partial charge in [-0.15, -0.1) is 0 Å². The zero-order valence-corrected chi connectivity index (χ0v) is 12.0. The molecule has 0 saturated carbocycles. The molecule has 1 rings (SSSR count). The van der Waals surface area contributed by atoms with Crippen molar-refractivity contribution in [3.8, 4) is 11.5 Å². The molecule has 1 aromatic carbocycles. The zero-order chi connectivity index (χ0) is 13.1. The molecule has 0 N–H and O–H groups in total. The van der Waals surface area contributed by atoms with Gasteiger partial charge in [0, 0.05) is 0 Å². The highest BCUT2D eigenvalue weighted by molar-refractivity contribution is 5.46. The minimum Gasteiger partial charge on any atom is -0.493 e. The van der Waals surface area contributed by atoms with E-state index >= 15 is 0 Å². The lowest BCUT2D eigenvalue weighted by atomic mass is 10.1. The average Bonchev–Trinajstić information content (AvgIpc) is 2.37. The second kappa shape index (κ2) is 10.3. The van der Waals surface area contributed by atoms with E-state index in [-0.39, 0.29) is 0 Å². The highest BCUT2D eigenvalue weighted by Gasteiger charge is 2.04. The standard InChI is InChI=1S/C10H14O2.2C2H6/c1-7-5-9(11-3)10(12-4)6-8(7)2;2*1-2/h5-6H,1-4H3;2*1-2H3. The fourth-order valence-electron chi connectivity index (χ4n) is 1.08. The molecule has 0 radical (unpaired) electrons. The van der Waals surface area contributed by atoms with Crippen molar-refractivity contribution in [1.29, 1.82) is 0 Å². The number of hydrogen-bond donors (Lipinski definition) is 0. The van der Waals surface area contributed by atoms with E-state index in [4.69, 9.17) is 9.47 Å². The summed E-state index contributed by atoms with van der Waals surface area (Å²) in [5, 5.41) is 0. The van der Waals surface area contributed by atoms with Gasteiger partial charge < -0.3 is 9.47 Å². The Morgan fingerprint density at radius 2 is 0.938 bits per heavy atom. The van der Waals surface area contributed by atoms with E-state index in [0.29, 0.717) is 0 Å². The Labute approximate surface area is 101 Å². The van der Waals surface area contributed by atoms with Crippen LogP contribution in [0.25, 0.3) is 0 Å². The number of rotatable bonds is 2. The first kappa shape index (κ1) is 17.2. The summed E-state index contributed by atoms with van der Waals surface area (Å²) in [7, 11) is 3.29. The third-order valence-electron chi connectivity index (χ3n) is 2.00. The number of methoxy groups -OCH3 is 2. The third-order valence-corrected chi connectivity index (χ3v) is 2.00. The molecule has 2 heteroatoms. The SMILES string of the molecule is CC.CC.COc1cc(C)c(C)cc1OC. The second-order valence-electron chi connectivity index (χ2n) is 2.79. The molecule has 0 heterocycles. The van der Waals surface area contributed by atoms with Gasteiger partial charge in [-0.1, -0.05) is 27.7 Å². The zero-order valence-electron chi connectivity index (χ0n) is 12.0. The molecule has 0 aliphatic carbocycles. The first-order chi connectivity index (χ1) is 7.69. The van der Waals surface area contributed by atoms with E-state index in [0.717, 1.165) is 11.5 Å². The van der Waals surface area contributed by atoms with Gasteiger partial charge in [-0.3, -0.25) is 0 Å². The first-order valence-electron chi connectivity index (χ1n) is 5.88.